The molecule has 0 aliphatic heterocycles. The predicted octanol–water partition coefficient (Wildman–Crippen LogP) is 15.2. The van der Waals surface area contributed by atoms with Crippen LogP contribution >= 0.6 is 0 Å². The van der Waals surface area contributed by atoms with Gasteiger partial charge in [-0.3, -0.25) is 0 Å². The summed E-state index contributed by atoms with van der Waals surface area (Å²) in [7, 11) is 0. The molecule has 0 heterocycles. The summed E-state index contributed by atoms with van der Waals surface area (Å²) in [5, 5.41) is 24.6. The van der Waals surface area contributed by atoms with Gasteiger partial charge in [-0.1, -0.05) is 233 Å². The van der Waals surface area contributed by atoms with Crippen LogP contribution in [0.3, 0.4) is 0 Å². The Labute approximate surface area is 291 Å². The lowest BCUT2D eigenvalue weighted by atomic mass is 9.42. The normalized spacial score (nSPS) is 16.6. The first kappa shape index (κ1) is 43.9. The molecule has 0 saturated heterocycles. The van der Waals surface area contributed by atoms with Crippen molar-refractivity contribution < 1.29 is 10.2 Å². The second kappa shape index (κ2) is 28.7. The minimum absolute atomic E-state index is 0.266. The Morgan fingerprint density at radius 2 is 0.457 bits per heavy atom. The van der Waals surface area contributed by atoms with Gasteiger partial charge < -0.3 is 10.2 Å². The molecule has 0 unspecified atom stereocenters. The maximum Gasteiger partial charge on any atom is 0.174 e. The molecule has 2 N–H and O–H groups in total. The van der Waals surface area contributed by atoms with Gasteiger partial charge in [0.1, 0.15) is 0 Å². The third kappa shape index (κ3) is 17.5. The molecule has 1 aliphatic carbocycles. The molecule has 0 amide bonds. The molecule has 0 radical (unpaired) electrons. The van der Waals surface area contributed by atoms with Gasteiger partial charge in [-0.25, -0.2) is 0 Å². The first-order chi connectivity index (χ1) is 22.4. The van der Waals surface area contributed by atoms with Gasteiger partial charge in [0.15, 0.2) is 5.79 Å². The summed E-state index contributed by atoms with van der Waals surface area (Å²) in [4.78, 5) is 0. The Balaban J connectivity index is 2.79. The van der Waals surface area contributed by atoms with Gasteiger partial charge in [-0.15, -0.1) is 0 Å². The van der Waals surface area contributed by atoms with Crippen LogP contribution in [0.25, 0.3) is 0 Å². The Morgan fingerprint density at radius 3 is 0.630 bits per heavy atom. The topological polar surface area (TPSA) is 40.5 Å². The van der Waals surface area contributed by atoms with Crippen molar-refractivity contribution in [2.45, 2.75) is 271 Å². The van der Waals surface area contributed by atoms with E-state index < -0.39 is 5.79 Å². The molecule has 0 aromatic heterocycles. The highest BCUT2D eigenvalue weighted by atomic mass is 16.5. The molecular formula is C44H88O2. The molecule has 1 aliphatic rings. The van der Waals surface area contributed by atoms with E-state index in [0.29, 0.717) is 0 Å². The van der Waals surface area contributed by atoms with E-state index in [4.69, 9.17) is 0 Å². The lowest BCUT2D eigenvalue weighted by Gasteiger charge is -2.67. The summed E-state index contributed by atoms with van der Waals surface area (Å²) in [6, 6.07) is 0. The van der Waals surface area contributed by atoms with Crippen LogP contribution in [-0.4, -0.2) is 16.0 Å². The highest BCUT2D eigenvalue weighted by molar-refractivity contribution is 5.15. The molecule has 46 heavy (non-hydrogen) atoms. The van der Waals surface area contributed by atoms with Crippen LogP contribution in [0.15, 0.2) is 0 Å². The van der Waals surface area contributed by atoms with Crippen molar-refractivity contribution in [1.82, 2.24) is 0 Å². The Hall–Kier alpha value is -0.0800. The van der Waals surface area contributed by atoms with Gasteiger partial charge in [0.2, 0.25) is 0 Å². The fourth-order valence-electron chi connectivity index (χ4n) is 9.04. The fraction of sp³-hybridized carbons (Fsp3) is 1.00. The van der Waals surface area contributed by atoms with Gasteiger partial charge in [0.05, 0.1) is 0 Å². The zero-order valence-corrected chi connectivity index (χ0v) is 32.6. The van der Waals surface area contributed by atoms with Gasteiger partial charge in [0, 0.05) is 10.8 Å². The summed E-state index contributed by atoms with van der Waals surface area (Å²) in [5.74, 6) is -1.48. The van der Waals surface area contributed by atoms with E-state index in [0.717, 1.165) is 32.1 Å². The standard InChI is InChI=1S/C44H88O2/c1-5-9-13-17-21-25-29-33-37-42(38-34-30-26-22-18-14-10-6-2)41-43(44(42,45)46,39-35-31-27-23-19-15-11-7-3)40-36-32-28-24-20-16-12-8-4/h45-46H,5-41H2,1-4H3. The molecule has 276 valence electrons. The van der Waals surface area contributed by atoms with Crippen LogP contribution in [0, 0.1) is 10.8 Å². The smallest absolute Gasteiger partial charge is 0.174 e. The van der Waals surface area contributed by atoms with Crippen molar-refractivity contribution in [2.75, 3.05) is 0 Å². The van der Waals surface area contributed by atoms with E-state index in [-0.39, 0.29) is 10.8 Å². The summed E-state index contributed by atoms with van der Waals surface area (Å²) in [6.45, 7) is 9.18. The monoisotopic (exact) mass is 649 g/mol. The van der Waals surface area contributed by atoms with Crippen LogP contribution < -0.4 is 0 Å². The van der Waals surface area contributed by atoms with E-state index in [2.05, 4.69) is 27.7 Å². The summed E-state index contributed by atoms with van der Waals surface area (Å²) >= 11 is 0. The van der Waals surface area contributed by atoms with E-state index in [1.807, 2.05) is 0 Å². The van der Waals surface area contributed by atoms with Crippen LogP contribution in [0.1, 0.15) is 265 Å². The molecule has 0 bridgehead atoms. The zero-order chi connectivity index (χ0) is 33.7. The third-order valence-electron chi connectivity index (χ3n) is 12.2. The summed E-state index contributed by atoms with van der Waals surface area (Å²) < 4.78 is 0. The zero-order valence-electron chi connectivity index (χ0n) is 32.6. The van der Waals surface area contributed by atoms with Crippen LogP contribution in [-0.2, 0) is 0 Å². The quantitative estimate of drug-likeness (QED) is 0.0524. The highest BCUT2D eigenvalue weighted by Gasteiger charge is 2.70. The SMILES string of the molecule is CCCCCCCCCCC1(CCCCCCCCCC)CC(CCCCCCCCCC)(CCCCCCCCCC)C1(O)O. The first-order valence-electron chi connectivity index (χ1n) is 21.9. The maximum absolute atomic E-state index is 12.3. The molecule has 2 heteroatoms. The predicted molar refractivity (Wildman–Crippen MR) is 206 cm³/mol. The molecular weight excluding hydrogens is 560 g/mol. The molecule has 1 saturated carbocycles. The van der Waals surface area contributed by atoms with Crippen molar-refractivity contribution >= 4 is 0 Å². The van der Waals surface area contributed by atoms with Gasteiger partial charge >= 0.3 is 0 Å². The van der Waals surface area contributed by atoms with Crippen molar-refractivity contribution in [3.05, 3.63) is 0 Å². The summed E-state index contributed by atoms with van der Waals surface area (Å²) in [6.07, 6.45) is 47.5. The van der Waals surface area contributed by atoms with Crippen LogP contribution in [0.5, 0.6) is 0 Å². The van der Waals surface area contributed by atoms with Gasteiger partial charge in [-0.05, 0) is 32.1 Å². The first-order valence-corrected chi connectivity index (χ1v) is 21.9. The van der Waals surface area contributed by atoms with Crippen molar-refractivity contribution in [3.63, 3.8) is 0 Å². The third-order valence-corrected chi connectivity index (χ3v) is 12.2. The molecule has 0 aromatic carbocycles. The highest BCUT2D eigenvalue weighted by Crippen LogP contribution is 2.69. The Morgan fingerprint density at radius 1 is 0.283 bits per heavy atom. The molecule has 1 rings (SSSR count). The lowest BCUT2D eigenvalue weighted by Crippen LogP contribution is -2.71. The number of unbranched alkanes of at least 4 members (excludes halogenated alkanes) is 28. The Kier molecular flexibility index (Phi) is 27.4. The van der Waals surface area contributed by atoms with Gasteiger partial charge in [0.25, 0.3) is 0 Å². The lowest BCUT2D eigenvalue weighted by molar-refractivity contribution is -0.396. The van der Waals surface area contributed by atoms with Crippen molar-refractivity contribution in [2.24, 2.45) is 10.8 Å². The van der Waals surface area contributed by atoms with Crippen molar-refractivity contribution in [1.29, 1.82) is 0 Å². The average Bonchev–Trinajstić information content (AvgIpc) is 3.05. The molecule has 0 atom stereocenters. The van der Waals surface area contributed by atoms with Gasteiger partial charge in [-0.2, -0.15) is 0 Å². The van der Waals surface area contributed by atoms with Crippen LogP contribution in [0.2, 0.25) is 0 Å². The van der Waals surface area contributed by atoms with Crippen molar-refractivity contribution in [3.8, 4) is 0 Å². The minimum atomic E-state index is -1.48. The molecule has 0 aromatic rings. The Bertz CT molecular complexity index is 548. The second-order valence-electron chi connectivity index (χ2n) is 16.3. The van der Waals surface area contributed by atoms with E-state index in [1.165, 1.54) is 205 Å². The van der Waals surface area contributed by atoms with E-state index in [1.54, 1.807) is 0 Å². The largest absolute Gasteiger partial charge is 0.365 e. The average molecular weight is 649 g/mol. The summed E-state index contributed by atoms with van der Waals surface area (Å²) in [5.41, 5.74) is -0.532. The second-order valence-corrected chi connectivity index (χ2v) is 16.3. The van der Waals surface area contributed by atoms with E-state index in [9.17, 15) is 10.2 Å². The number of hydrogen-bond acceptors (Lipinski definition) is 2. The molecule has 1 fully saturated rings. The number of rotatable bonds is 36. The molecule has 0 spiro atoms. The number of aliphatic hydroxyl groups is 2. The maximum atomic E-state index is 12.3. The minimum Gasteiger partial charge on any atom is -0.365 e. The van der Waals surface area contributed by atoms with E-state index >= 15 is 0 Å². The molecule has 2 nitrogen and oxygen atoms in total. The van der Waals surface area contributed by atoms with Crippen LogP contribution in [0.4, 0.5) is 0 Å². The fourth-order valence-corrected chi connectivity index (χ4v) is 9.04. The number of hydrogen-bond donors (Lipinski definition) is 2.